The van der Waals surface area contributed by atoms with Gasteiger partial charge in [-0.05, 0) is 40.8 Å². The van der Waals surface area contributed by atoms with Crippen LogP contribution in [0.1, 0.15) is 10.4 Å². The van der Waals surface area contributed by atoms with Crippen molar-refractivity contribution in [1.82, 2.24) is 5.32 Å². The fourth-order valence-electron chi connectivity index (χ4n) is 1.27. The highest BCUT2D eigenvalue weighted by molar-refractivity contribution is 14.1. The minimum atomic E-state index is -1.51. The van der Waals surface area contributed by atoms with E-state index in [0.29, 0.717) is 0 Å². The Morgan fingerprint density at radius 3 is 2.28 bits per heavy atom. The number of halogens is 1. The fraction of sp³-hybridized carbons (Fsp3) is 0.364. The van der Waals surface area contributed by atoms with Crippen molar-refractivity contribution in [3.63, 3.8) is 0 Å². The molecule has 0 radical (unpaired) electrons. The van der Waals surface area contributed by atoms with Crippen LogP contribution in [-0.4, -0.2) is 51.7 Å². The van der Waals surface area contributed by atoms with Gasteiger partial charge in [0.25, 0.3) is 5.91 Å². The number of aromatic hydroxyl groups is 1. The van der Waals surface area contributed by atoms with Crippen molar-refractivity contribution in [1.29, 1.82) is 0 Å². The van der Waals surface area contributed by atoms with E-state index in [-0.39, 0.29) is 11.3 Å². The van der Waals surface area contributed by atoms with Crippen LogP contribution >= 0.6 is 22.6 Å². The largest absolute Gasteiger partial charge is 0.507 e. The summed E-state index contributed by atoms with van der Waals surface area (Å²) in [7, 11) is 0. The van der Waals surface area contributed by atoms with E-state index < -0.39 is 31.3 Å². The van der Waals surface area contributed by atoms with Gasteiger partial charge in [0.05, 0.1) is 25.4 Å². The summed E-state index contributed by atoms with van der Waals surface area (Å²) in [6, 6.07) is 4.46. The molecule has 1 aromatic carbocycles. The van der Waals surface area contributed by atoms with Crippen molar-refractivity contribution in [2.75, 3.05) is 19.8 Å². The highest BCUT2D eigenvalue weighted by atomic mass is 127. The normalized spacial score (nSPS) is 11.3. The van der Waals surface area contributed by atoms with E-state index in [9.17, 15) is 9.90 Å². The maximum absolute atomic E-state index is 11.9. The molecule has 0 bridgehead atoms. The molecule has 1 amide bonds. The maximum Gasteiger partial charge on any atom is 0.255 e. The quantitative estimate of drug-likeness (QED) is 0.449. The third kappa shape index (κ3) is 3.31. The standard InChI is InChI=1S/C11H14INO5/c12-7-1-2-9(17)8(3-7)10(18)13-11(4-14,5-15)6-16/h1-3,14-17H,4-6H2,(H,13,18). The molecule has 100 valence electrons. The predicted octanol–water partition coefficient (Wildman–Crippen LogP) is -0.558. The number of phenols is 1. The van der Waals surface area contributed by atoms with E-state index >= 15 is 0 Å². The predicted molar refractivity (Wildman–Crippen MR) is 72.3 cm³/mol. The van der Waals surface area contributed by atoms with Crippen LogP contribution in [0.5, 0.6) is 5.75 Å². The first-order valence-electron chi connectivity index (χ1n) is 5.11. The van der Waals surface area contributed by atoms with Gasteiger partial charge in [0, 0.05) is 3.57 Å². The SMILES string of the molecule is O=C(NC(CO)(CO)CO)c1cc(I)ccc1O. The molecule has 0 saturated carbocycles. The van der Waals surface area contributed by atoms with Crippen LogP contribution < -0.4 is 5.32 Å². The van der Waals surface area contributed by atoms with Gasteiger partial charge in [0.1, 0.15) is 11.3 Å². The van der Waals surface area contributed by atoms with E-state index in [0.717, 1.165) is 3.57 Å². The number of nitrogens with one attached hydrogen (secondary N) is 1. The topological polar surface area (TPSA) is 110 Å². The van der Waals surface area contributed by atoms with Gasteiger partial charge in [-0.25, -0.2) is 0 Å². The molecule has 0 saturated heterocycles. The number of hydrogen-bond donors (Lipinski definition) is 5. The molecular weight excluding hydrogens is 353 g/mol. The van der Waals surface area contributed by atoms with E-state index in [2.05, 4.69) is 5.32 Å². The number of phenolic OH excluding ortho intramolecular Hbond substituents is 1. The summed E-state index contributed by atoms with van der Waals surface area (Å²) in [6.45, 7) is -1.84. The fourth-order valence-corrected chi connectivity index (χ4v) is 1.76. The summed E-state index contributed by atoms with van der Waals surface area (Å²) in [5, 5.41) is 39.2. The molecule has 1 aromatic rings. The summed E-state index contributed by atoms with van der Waals surface area (Å²) >= 11 is 1.98. The molecule has 0 unspecified atom stereocenters. The molecule has 0 aliphatic rings. The van der Waals surface area contributed by atoms with Crippen molar-refractivity contribution in [2.45, 2.75) is 5.54 Å². The first-order chi connectivity index (χ1) is 8.48. The Labute approximate surface area is 117 Å². The number of benzene rings is 1. The van der Waals surface area contributed by atoms with Gasteiger partial charge in [-0.2, -0.15) is 0 Å². The van der Waals surface area contributed by atoms with Crippen LogP contribution in [-0.2, 0) is 0 Å². The lowest BCUT2D eigenvalue weighted by Gasteiger charge is -2.28. The molecule has 5 N–H and O–H groups in total. The lowest BCUT2D eigenvalue weighted by atomic mass is 10.0. The molecule has 0 heterocycles. The number of rotatable bonds is 5. The Morgan fingerprint density at radius 2 is 1.78 bits per heavy atom. The number of aliphatic hydroxyl groups excluding tert-OH is 3. The first kappa shape index (κ1) is 15.2. The number of aliphatic hydroxyl groups is 3. The number of amides is 1. The molecule has 18 heavy (non-hydrogen) atoms. The van der Waals surface area contributed by atoms with Crippen molar-refractivity contribution in [3.05, 3.63) is 27.3 Å². The summed E-state index contributed by atoms with van der Waals surface area (Å²) < 4.78 is 0.748. The maximum atomic E-state index is 11.9. The van der Waals surface area contributed by atoms with Gasteiger partial charge >= 0.3 is 0 Å². The van der Waals surface area contributed by atoms with Crippen molar-refractivity contribution < 1.29 is 25.2 Å². The van der Waals surface area contributed by atoms with E-state index in [1.807, 2.05) is 22.6 Å². The number of carbonyl (C=O) groups excluding carboxylic acids is 1. The van der Waals surface area contributed by atoms with Crippen LogP contribution in [0.25, 0.3) is 0 Å². The van der Waals surface area contributed by atoms with Gasteiger partial charge in [-0.15, -0.1) is 0 Å². The third-order valence-corrected chi connectivity index (χ3v) is 3.16. The highest BCUT2D eigenvalue weighted by Crippen LogP contribution is 2.20. The second-order valence-corrected chi connectivity index (χ2v) is 5.12. The molecule has 0 spiro atoms. The zero-order valence-corrected chi connectivity index (χ0v) is 11.6. The molecule has 1 rings (SSSR count). The Balaban J connectivity index is 2.97. The zero-order chi connectivity index (χ0) is 13.8. The van der Waals surface area contributed by atoms with Crippen LogP contribution in [0, 0.1) is 3.57 Å². The van der Waals surface area contributed by atoms with E-state index in [4.69, 9.17) is 15.3 Å². The first-order valence-corrected chi connectivity index (χ1v) is 6.19. The average Bonchev–Trinajstić information content (AvgIpc) is 2.38. The third-order valence-electron chi connectivity index (χ3n) is 2.49. The molecule has 6 nitrogen and oxygen atoms in total. The molecule has 0 atom stereocenters. The van der Waals surface area contributed by atoms with Gasteiger partial charge in [0.2, 0.25) is 0 Å². The lowest BCUT2D eigenvalue weighted by molar-refractivity contribution is 0.0374. The second-order valence-electron chi connectivity index (χ2n) is 3.87. The van der Waals surface area contributed by atoms with Gasteiger partial charge in [0.15, 0.2) is 0 Å². The van der Waals surface area contributed by atoms with Crippen molar-refractivity contribution >= 4 is 28.5 Å². The summed E-state index contributed by atoms with van der Waals surface area (Å²) in [6.07, 6.45) is 0. The Bertz CT molecular complexity index is 425. The molecule has 0 aromatic heterocycles. The van der Waals surface area contributed by atoms with Gasteiger partial charge < -0.3 is 25.7 Å². The van der Waals surface area contributed by atoms with Crippen LogP contribution in [0.4, 0.5) is 0 Å². The highest BCUT2D eigenvalue weighted by Gasteiger charge is 2.31. The van der Waals surface area contributed by atoms with Gasteiger partial charge in [-0.1, -0.05) is 0 Å². The summed E-state index contributed by atoms with van der Waals surface area (Å²) in [4.78, 5) is 11.9. The van der Waals surface area contributed by atoms with Crippen molar-refractivity contribution in [2.24, 2.45) is 0 Å². The summed E-state index contributed by atoms with van der Waals surface area (Å²) in [5.41, 5.74) is -1.49. The monoisotopic (exact) mass is 367 g/mol. The number of hydrogen-bond acceptors (Lipinski definition) is 5. The van der Waals surface area contributed by atoms with Crippen LogP contribution in [0.2, 0.25) is 0 Å². The molecule has 0 aliphatic heterocycles. The molecule has 0 aliphatic carbocycles. The minimum absolute atomic E-state index is 0.0154. The Kier molecular flexibility index (Phi) is 5.32. The van der Waals surface area contributed by atoms with E-state index in [1.54, 1.807) is 6.07 Å². The van der Waals surface area contributed by atoms with Crippen molar-refractivity contribution in [3.8, 4) is 5.75 Å². The lowest BCUT2D eigenvalue weighted by Crippen LogP contribution is -2.57. The Hall–Kier alpha value is -0.900. The van der Waals surface area contributed by atoms with Crippen LogP contribution in [0.3, 0.4) is 0 Å². The molecular formula is C11H14INO5. The van der Waals surface area contributed by atoms with E-state index in [1.165, 1.54) is 12.1 Å². The average molecular weight is 367 g/mol. The van der Waals surface area contributed by atoms with Gasteiger partial charge in [-0.3, -0.25) is 4.79 Å². The second kappa shape index (κ2) is 6.32. The minimum Gasteiger partial charge on any atom is -0.507 e. The molecule has 7 heteroatoms. The smallest absolute Gasteiger partial charge is 0.255 e. The summed E-state index contributed by atoms with van der Waals surface area (Å²) in [5.74, 6) is -0.890. The van der Waals surface area contributed by atoms with Crippen LogP contribution in [0.15, 0.2) is 18.2 Å². The molecule has 0 fully saturated rings. The number of carbonyl (C=O) groups is 1. The Morgan fingerprint density at radius 1 is 1.22 bits per heavy atom. The zero-order valence-electron chi connectivity index (χ0n) is 9.43.